The van der Waals surface area contributed by atoms with Crippen LogP contribution in [0.4, 0.5) is 4.39 Å². The number of halogens is 1. The Hall–Kier alpha value is -2.60. The minimum absolute atomic E-state index is 0.138. The number of carbonyl (C=O) groups is 1. The number of hydrogen-bond acceptors (Lipinski definition) is 4. The molecule has 6 heteroatoms. The van der Waals surface area contributed by atoms with Gasteiger partial charge in [0.15, 0.2) is 0 Å². The minimum Gasteiger partial charge on any atom is -0.331 e. The van der Waals surface area contributed by atoms with Crippen LogP contribution in [0.3, 0.4) is 0 Å². The predicted molar refractivity (Wildman–Crippen MR) is 115 cm³/mol. The van der Waals surface area contributed by atoms with Crippen molar-refractivity contribution >= 4 is 16.6 Å². The number of nitrogens with zero attached hydrogens (tertiary/aromatic N) is 4. The molecule has 3 aromatic rings. The largest absolute Gasteiger partial charge is 0.331 e. The minimum atomic E-state index is -0.284. The van der Waals surface area contributed by atoms with Gasteiger partial charge in [-0.05, 0) is 42.7 Å². The molecule has 0 bridgehead atoms. The molecule has 1 aliphatic carbocycles. The summed E-state index contributed by atoms with van der Waals surface area (Å²) in [5, 5.41) is 2.16. The van der Waals surface area contributed by atoms with Crippen LogP contribution in [-0.4, -0.2) is 51.5 Å². The Labute approximate surface area is 175 Å². The lowest BCUT2D eigenvalue weighted by Gasteiger charge is -2.58. The number of pyridine rings is 1. The zero-order chi connectivity index (χ0) is 20.9. The Morgan fingerprint density at radius 1 is 1.17 bits per heavy atom. The first kappa shape index (κ1) is 19.4. The molecule has 1 aromatic carbocycles. The molecule has 5 rings (SSSR count). The molecule has 156 valence electrons. The van der Waals surface area contributed by atoms with E-state index in [-0.39, 0.29) is 23.8 Å². The Morgan fingerprint density at radius 2 is 1.97 bits per heavy atom. The third kappa shape index (κ3) is 3.33. The van der Waals surface area contributed by atoms with Gasteiger partial charge in [-0.15, -0.1) is 0 Å². The van der Waals surface area contributed by atoms with E-state index in [9.17, 15) is 9.18 Å². The van der Waals surface area contributed by atoms with Crippen molar-refractivity contribution in [1.29, 1.82) is 0 Å². The van der Waals surface area contributed by atoms with E-state index >= 15 is 0 Å². The van der Waals surface area contributed by atoms with Crippen molar-refractivity contribution in [2.75, 3.05) is 26.3 Å². The van der Waals surface area contributed by atoms with E-state index in [1.54, 1.807) is 0 Å². The van der Waals surface area contributed by atoms with Gasteiger partial charge in [0, 0.05) is 61.9 Å². The van der Waals surface area contributed by atoms with Crippen LogP contribution in [0.1, 0.15) is 24.4 Å². The Morgan fingerprint density at radius 3 is 2.67 bits per heavy atom. The summed E-state index contributed by atoms with van der Waals surface area (Å²) in [5.41, 5.74) is 3.30. The average molecular weight is 407 g/mol. The molecule has 2 aliphatic rings. The highest BCUT2D eigenvalue weighted by Crippen LogP contribution is 2.52. The molecule has 0 atom stereocenters. The van der Waals surface area contributed by atoms with E-state index < -0.39 is 0 Å². The van der Waals surface area contributed by atoms with E-state index in [0.717, 1.165) is 59.5 Å². The van der Waals surface area contributed by atoms with Crippen LogP contribution >= 0.6 is 0 Å². The zero-order valence-corrected chi connectivity index (χ0v) is 17.6. The molecule has 0 unspecified atom stereocenters. The van der Waals surface area contributed by atoms with Gasteiger partial charge in [0.25, 0.3) is 0 Å². The number of benzene rings is 1. The van der Waals surface area contributed by atoms with E-state index in [1.807, 2.05) is 32.4 Å². The van der Waals surface area contributed by atoms with Crippen molar-refractivity contribution in [1.82, 2.24) is 19.4 Å². The number of carbonyl (C=O) groups excluding carboxylic acids is 1. The molecule has 3 heterocycles. The number of hydrogen-bond donors (Lipinski definition) is 0. The number of aromatic nitrogens is 3. The molecule has 0 amide bonds. The smallest absolute Gasteiger partial charge is 0.141 e. The molecule has 1 spiro atoms. The van der Waals surface area contributed by atoms with E-state index in [2.05, 4.69) is 37.6 Å². The van der Waals surface area contributed by atoms with Crippen LogP contribution in [0.15, 0.2) is 36.7 Å². The fraction of sp³-hybridized carbons (Fsp3) is 0.458. The second-order valence-electron chi connectivity index (χ2n) is 9.14. The highest BCUT2D eigenvalue weighted by Gasteiger charge is 2.53. The van der Waals surface area contributed by atoms with E-state index in [4.69, 9.17) is 0 Å². The van der Waals surface area contributed by atoms with E-state index in [0.29, 0.717) is 13.0 Å². The first-order valence-corrected chi connectivity index (χ1v) is 10.6. The van der Waals surface area contributed by atoms with Gasteiger partial charge in [-0.1, -0.05) is 12.1 Å². The van der Waals surface area contributed by atoms with Crippen molar-refractivity contribution in [3.8, 4) is 11.3 Å². The number of alkyl halides is 1. The first-order valence-electron chi connectivity index (χ1n) is 10.6. The maximum Gasteiger partial charge on any atom is 0.141 e. The topological polar surface area (TPSA) is 51.0 Å². The van der Waals surface area contributed by atoms with Crippen LogP contribution in [0.25, 0.3) is 22.0 Å². The number of likely N-dealkylation sites (tertiary alicyclic amines) is 1. The molecule has 1 saturated carbocycles. The first-order chi connectivity index (χ1) is 14.5. The fourth-order valence-electron chi connectivity index (χ4n) is 5.19. The van der Waals surface area contributed by atoms with Crippen LogP contribution in [0.5, 0.6) is 0 Å². The number of rotatable bonds is 6. The zero-order valence-electron chi connectivity index (χ0n) is 17.6. The third-order valence-electron chi connectivity index (χ3n) is 6.98. The summed E-state index contributed by atoms with van der Waals surface area (Å²) in [5.74, 6) is 1.40. The number of ketones is 1. The molecule has 2 fully saturated rings. The maximum atomic E-state index is 12.8. The van der Waals surface area contributed by atoms with Gasteiger partial charge in [0.05, 0.1) is 11.9 Å². The molecule has 0 N–H and O–H groups in total. The summed E-state index contributed by atoms with van der Waals surface area (Å²) >= 11 is 0. The van der Waals surface area contributed by atoms with Crippen LogP contribution in [0.2, 0.25) is 0 Å². The van der Waals surface area contributed by atoms with Crippen molar-refractivity contribution in [2.45, 2.75) is 26.2 Å². The van der Waals surface area contributed by atoms with Crippen LogP contribution < -0.4 is 0 Å². The van der Waals surface area contributed by atoms with Gasteiger partial charge in [-0.3, -0.25) is 14.7 Å². The van der Waals surface area contributed by atoms with Gasteiger partial charge in [-0.2, -0.15) is 0 Å². The van der Waals surface area contributed by atoms with Gasteiger partial charge in [0.1, 0.15) is 18.3 Å². The fourth-order valence-corrected chi connectivity index (χ4v) is 5.19. The maximum absolute atomic E-state index is 12.8. The summed E-state index contributed by atoms with van der Waals surface area (Å²) in [7, 11) is 2.02. The molecule has 2 aromatic heterocycles. The van der Waals surface area contributed by atoms with Gasteiger partial charge < -0.3 is 4.57 Å². The Balaban J connectivity index is 1.27. The summed E-state index contributed by atoms with van der Waals surface area (Å²) in [6, 6.07) is 8.35. The summed E-state index contributed by atoms with van der Waals surface area (Å²) in [4.78, 5) is 23.8. The lowest BCUT2D eigenvalue weighted by molar-refractivity contribution is -0.141. The second-order valence-corrected chi connectivity index (χ2v) is 9.14. The standard InChI is InChI=1S/C24H27FN4O/c1-16-26-13-22(28(16)2)17-3-4-18-12-27-21(8-19(18)7-17)9-23(30)20-10-24(11-20)14-29(15-24)6-5-25/h3-4,7-8,12-13,20H,5-6,9-11,14-15H2,1-2H3. The van der Waals surface area contributed by atoms with Gasteiger partial charge >= 0.3 is 0 Å². The van der Waals surface area contributed by atoms with Crippen molar-refractivity contribution in [3.05, 3.63) is 48.2 Å². The predicted octanol–water partition coefficient (Wildman–Crippen LogP) is 3.74. The molecule has 0 radical (unpaired) electrons. The molecule has 1 aliphatic heterocycles. The van der Waals surface area contributed by atoms with Gasteiger partial charge in [0.2, 0.25) is 0 Å². The average Bonchev–Trinajstić information content (AvgIpc) is 3.00. The van der Waals surface area contributed by atoms with Crippen molar-refractivity contribution < 1.29 is 9.18 Å². The lowest BCUT2D eigenvalue weighted by Crippen LogP contribution is -2.63. The summed E-state index contributed by atoms with van der Waals surface area (Å²) in [6.45, 7) is 4.14. The van der Waals surface area contributed by atoms with Crippen molar-refractivity contribution in [2.24, 2.45) is 18.4 Å². The summed E-state index contributed by atoms with van der Waals surface area (Å²) in [6.07, 6.45) is 6.04. The Bertz CT molecular complexity index is 1110. The van der Waals surface area contributed by atoms with Gasteiger partial charge in [-0.25, -0.2) is 9.37 Å². The normalized spacial score (nSPS) is 18.5. The number of aryl methyl sites for hydroxylation is 1. The van der Waals surface area contributed by atoms with Crippen LogP contribution in [-0.2, 0) is 18.3 Å². The number of fused-ring (bicyclic) bond motifs is 1. The number of Topliss-reactive ketones (excluding diaryl/α,β-unsaturated/α-hetero) is 1. The number of imidazole rings is 1. The highest BCUT2D eigenvalue weighted by atomic mass is 19.1. The lowest BCUT2D eigenvalue weighted by atomic mass is 9.56. The van der Waals surface area contributed by atoms with Crippen molar-refractivity contribution in [3.63, 3.8) is 0 Å². The molecule has 5 nitrogen and oxygen atoms in total. The molecule has 1 saturated heterocycles. The second kappa shape index (κ2) is 7.27. The van der Waals surface area contributed by atoms with Crippen LogP contribution in [0, 0.1) is 18.3 Å². The van der Waals surface area contributed by atoms with E-state index in [1.165, 1.54) is 0 Å². The molecule has 30 heavy (non-hydrogen) atoms. The monoisotopic (exact) mass is 406 g/mol. The summed E-state index contributed by atoms with van der Waals surface area (Å²) < 4.78 is 14.5. The third-order valence-corrected chi connectivity index (χ3v) is 6.98. The SMILES string of the molecule is Cc1ncc(-c2ccc3cnc(CC(=O)C4CC5(C4)CN(CCF)C5)cc3c2)n1C. The molecular formula is C24H27FN4O. The Kier molecular flexibility index (Phi) is 4.69. The quantitative estimate of drug-likeness (QED) is 0.626. The molecular weight excluding hydrogens is 379 g/mol. The highest BCUT2D eigenvalue weighted by molar-refractivity contribution is 5.88.